The van der Waals surface area contributed by atoms with Gasteiger partial charge in [0.05, 0.1) is 11.8 Å². The lowest BCUT2D eigenvalue weighted by atomic mass is 10.0. The molecule has 0 saturated carbocycles. The lowest BCUT2D eigenvalue weighted by Gasteiger charge is -2.11. The fourth-order valence-corrected chi connectivity index (χ4v) is 4.56. The second-order valence-electron chi connectivity index (χ2n) is 12.7. The van der Waals surface area contributed by atoms with E-state index in [0.29, 0.717) is 39.3 Å². The molecule has 59 heavy (non-hydrogen) atoms. The second-order valence-corrected chi connectivity index (χ2v) is 12.7. The molecule has 4 aromatic carbocycles. The van der Waals surface area contributed by atoms with Crippen LogP contribution in [-0.4, -0.2) is 29.8 Å². The van der Waals surface area contributed by atoms with Gasteiger partial charge < -0.3 is 23.7 Å². The Bertz CT molecular complexity index is 2540. The largest absolute Gasteiger partial charge is 0.431 e. The predicted octanol–water partition coefficient (Wildman–Crippen LogP) is 8.64. The molecule has 0 aromatic heterocycles. The molecule has 10 heteroatoms. The maximum Gasteiger partial charge on any atom is 0.338 e. The Morgan fingerprint density at radius 3 is 1.47 bits per heavy atom. The summed E-state index contributed by atoms with van der Waals surface area (Å²) in [6.07, 6.45) is 4.87. The number of hydrogen-bond acceptors (Lipinski definition) is 10. The molecule has 4 rings (SSSR count). The average molecular weight is 787 g/mol. The molecule has 4 aromatic rings. The van der Waals surface area contributed by atoms with E-state index in [-0.39, 0.29) is 33.8 Å². The summed E-state index contributed by atoms with van der Waals surface area (Å²) in [7, 11) is 0. The molecular weight excluding hydrogens is 749 g/mol. The van der Waals surface area contributed by atoms with Gasteiger partial charge in [0.1, 0.15) is 17.2 Å². The van der Waals surface area contributed by atoms with Gasteiger partial charge in [-0.15, -0.1) is 0 Å². The van der Waals surface area contributed by atoms with Crippen LogP contribution in [0.25, 0.3) is 11.6 Å². The summed E-state index contributed by atoms with van der Waals surface area (Å²) < 4.78 is 26.8. The van der Waals surface area contributed by atoms with Gasteiger partial charge in [0.15, 0.2) is 5.75 Å². The van der Waals surface area contributed by atoms with Crippen molar-refractivity contribution in [2.45, 2.75) is 27.7 Å². The Kier molecular flexibility index (Phi) is 15.2. The quantitative estimate of drug-likeness (QED) is 0.0452. The fraction of sp³-hybridized carbons (Fsp3) is 0.0816. The Morgan fingerprint density at radius 2 is 0.983 bits per heavy atom. The first-order valence-corrected chi connectivity index (χ1v) is 17.7. The van der Waals surface area contributed by atoms with Crippen molar-refractivity contribution < 1.29 is 47.7 Å². The molecule has 0 N–H and O–H groups in total. The summed E-state index contributed by atoms with van der Waals surface area (Å²) in [6, 6.07) is 22.9. The van der Waals surface area contributed by atoms with Gasteiger partial charge >= 0.3 is 29.8 Å². The van der Waals surface area contributed by atoms with Crippen LogP contribution in [0.4, 0.5) is 0 Å². The van der Waals surface area contributed by atoms with Crippen LogP contribution in [0.3, 0.4) is 0 Å². The first-order valence-electron chi connectivity index (χ1n) is 17.7. The zero-order chi connectivity index (χ0) is 43.1. The number of hydrogen-bond donors (Lipinski definition) is 0. The summed E-state index contributed by atoms with van der Waals surface area (Å²) in [5, 5.41) is 0. The number of benzene rings is 4. The van der Waals surface area contributed by atoms with Gasteiger partial charge in [0.25, 0.3) is 0 Å². The maximum absolute atomic E-state index is 12.7. The Hall–Kier alpha value is -8.21. The van der Waals surface area contributed by atoms with E-state index in [1.165, 1.54) is 19.1 Å². The third-order valence-electron chi connectivity index (χ3n) is 7.70. The van der Waals surface area contributed by atoms with Crippen LogP contribution in [0, 0.1) is 23.7 Å². The minimum Gasteiger partial charge on any atom is -0.431 e. The van der Waals surface area contributed by atoms with Gasteiger partial charge in [-0.05, 0) is 118 Å². The number of rotatable bonds is 12. The molecule has 0 saturated heterocycles. The highest BCUT2D eigenvalue weighted by Crippen LogP contribution is 2.30. The summed E-state index contributed by atoms with van der Waals surface area (Å²) in [5.74, 6) is 9.92. The molecule has 0 radical (unpaired) electrons. The summed E-state index contributed by atoms with van der Waals surface area (Å²) in [5.41, 5.74) is 4.12. The van der Waals surface area contributed by atoms with Crippen LogP contribution < -0.4 is 18.9 Å². The van der Waals surface area contributed by atoms with Gasteiger partial charge in [-0.25, -0.2) is 24.0 Å². The molecule has 0 aliphatic carbocycles. The lowest BCUT2D eigenvalue weighted by molar-refractivity contribution is -0.133. The van der Waals surface area contributed by atoms with E-state index < -0.39 is 29.8 Å². The molecular formula is C49H38O10. The monoisotopic (exact) mass is 786 g/mol. The average Bonchev–Trinajstić information content (AvgIpc) is 3.21. The molecule has 0 atom stereocenters. The summed E-state index contributed by atoms with van der Waals surface area (Å²) in [6.45, 7) is 20.5. The van der Waals surface area contributed by atoms with Crippen molar-refractivity contribution in [2.75, 3.05) is 0 Å². The number of allylic oxidation sites excluding steroid dienone is 1. The molecule has 0 spiro atoms. The van der Waals surface area contributed by atoms with Crippen molar-refractivity contribution in [3.8, 4) is 46.7 Å². The van der Waals surface area contributed by atoms with Crippen LogP contribution in [0.15, 0.2) is 146 Å². The van der Waals surface area contributed by atoms with Crippen LogP contribution in [0.1, 0.15) is 61.1 Å². The van der Waals surface area contributed by atoms with E-state index in [2.05, 4.69) is 50.0 Å². The van der Waals surface area contributed by atoms with E-state index in [9.17, 15) is 24.0 Å². The maximum atomic E-state index is 12.7. The Morgan fingerprint density at radius 1 is 0.525 bits per heavy atom. The van der Waals surface area contributed by atoms with Crippen LogP contribution in [0.5, 0.6) is 23.0 Å². The first-order chi connectivity index (χ1) is 28.1. The Labute approximate surface area is 342 Å². The van der Waals surface area contributed by atoms with Crippen LogP contribution in [0.2, 0.25) is 0 Å². The zero-order valence-electron chi connectivity index (χ0n) is 32.8. The summed E-state index contributed by atoms with van der Waals surface area (Å²) in [4.78, 5) is 61.0. The van der Waals surface area contributed by atoms with Crippen molar-refractivity contribution in [3.63, 3.8) is 0 Å². The normalized spacial score (nSPS) is 10.4. The molecule has 0 aliphatic heterocycles. The lowest BCUT2D eigenvalue weighted by Crippen LogP contribution is -2.08. The van der Waals surface area contributed by atoms with Crippen LogP contribution in [-0.2, 0) is 28.7 Å². The topological polar surface area (TPSA) is 132 Å². The van der Waals surface area contributed by atoms with Crippen molar-refractivity contribution in [3.05, 3.63) is 180 Å². The number of esters is 5. The van der Waals surface area contributed by atoms with Crippen molar-refractivity contribution in [1.82, 2.24) is 0 Å². The molecule has 10 nitrogen and oxygen atoms in total. The van der Waals surface area contributed by atoms with Crippen molar-refractivity contribution >= 4 is 41.5 Å². The van der Waals surface area contributed by atoms with Gasteiger partial charge in [0, 0.05) is 51.1 Å². The second kappa shape index (κ2) is 20.6. The first kappa shape index (κ1) is 43.5. The third kappa shape index (κ3) is 13.2. The van der Waals surface area contributed by atoms with Gasteiger partial charge in [-0.3, -0.25) is 0 Å². The Balaban J connectivity index is 1.60. The van der Waals surface area contributed by atoms with E-state index in [1.54, 1.807) is 106 Å². The number of carbonyl (C=O) groups excluding carboxylic acids is 5. The van der Waals surface area contributed by atoms with Crippen molar-refractivity contribution in [1.29, 1.82) is 0 Å². The molecule has 0 unspecified atom stereocenters. The predicted molar refractivity (Wildman–Crippen MR) is 224 cm³/mol. The van der Waals surface area contributed by atoms with Crippen LogP contribution >= 0.6 is 0 Å². The van der Waals surface area contributed by atoms with E-state index in [4.69, 9.17) is 23.7 Å². The highest BCUT2D eigenvalue weighted by molar-refractivity contribution is 5.93. The SMILES string of the molecule is C=CC(=O)Oc1c(C#Cc2ccc(OC(=O)C(=C)C)cc2)ccc(C#Cc2ccc(OC(=O)C=C(C)c3ccc(OC(=O)C(=C)C)cc3)cc2)c1C=COC(=O)C(=C)C. The molecule has 0 fully saturated rings. The molecule has 0 amide bonds. The third-order valence-corrected chi connectivity index (χ3v) is 7.70. The van der Waals surface area contributed by atoms with Gasteiger partial charge in [-0.2, -0.15) is 0 Å². The number of ether oxygens (including phenoxy) is 5. The molecule has 0 aliphatic rings. The smallest absolute Gasteiger partial charge is 0.338 e. The standard InChI is InChI=1S/C49H38O10/c1-9-44(50)59-46-39(17-11-36-14-24-41(25-15-36)57-48(53)32(4)5)19-18-38(43(46)28-29-55-47(52)31(2)3)16-10-35-12-22-40(23-13-35)56-45(51)30-34(8)37-20-26-42(27-21-37)58-49(54)33(6)7/h9,12-15,18-30H,1-2,4,6H2,3,5,7-8H3. The molecule has 0 bridgehead atoms. The molecule has 294 valence electrons. The highest BCUT2D eigenvalue weighted by atomic mass is 16.5. The van der Waals surface area contributed by atoms with E-state index >= 15 is 0 Å². The zero-order valence-corrected chi connectivity index (χ0v) is 32.8. The van der Waals surface area contributed by atoms with E-state index in [1.807, 2.05) is 0 Å². The molecule has 0 heterocycles. The minimum absolute atomic E-state index is 0.0246. The fourth-order valence-electron chi connectivity index (χ4n) is 4.56. The van der Waals surface area contributed by atoms with Gasteiger partial charge in [0.2, 0.25) is 0 Å². The minimum atomic E-state index is -0.773. The van der Waals surface area contributed by atoms with Crippen molar-refractivity contribution in [2.24, 2.45) is 0 Å². The summed E-state index contributed by atoms with van der Waals surface area (Å²) >= 11 is 0. The number of carbonyl (C=O) groups is 5. The van der Waals surface area contributed by atoms with Gasteiger partial charge in [-0.1, -0.05) is 62.1 Å². The van der Waals surface area contributed by atoms with E-state index in [0.717, 1.165) is 17.9 Å². The highest BCUT2D eigenvalue weighted by Gasteiger charge is 2.15.